The molecule has 0 aliphatic rings. The number of aromatic nitrogens is 1. The van der Waals surface area contributed by atoms with Gasteiger partial charge in [-0.15, -0.1) is 0 Å². The number of halogens is 2. The molecule has 0 bridgehead atoms. The predicted octanol–water partition coefficient (Wildman–Crippen LogP) is 7.58. The Bertz CT molecular complexity index is 877. The van der Waals surface area contributed by atoms with Gasteiger partial charge in [0, 0.05) is 33.5 Å². The molecule has 0 aliphatic carbocycles. The van der Waals surface area contributed by atoms with Gasteiger partial charge in [0.15, 0.2) is 11.7 Å². The van der Waals surface area contributed by atoms with Gasteiger partial charge in [-0.25, -0.2) is 4.98 Å². The van der Waals surface area contributed by atoms with E-state index in [2.05, 4.69) is 6.07 Å². The zero-order valence-electron chi connectivity index (χ0n) is 15.8. The molecule has 1 heterocycles. The molecule has 0 fully saturated rings. The van der Waals surface area contributed by atoms with Crippen LogP contribution >= 0.6 is 23.2 Å². The number of nitriles is 1. The zero-order chi connectivity index (χ0) is 19.9. The molecular formula is C23H22Cl2N2O. The average Bonchev–Trinajstić information content (AvgIpc) is 3.12. The summed E-state index contributed by atoms with van der Waals surface area (Å²) in [5, 5.41) is 10.2. The van der Waals surface area contributed by atoms with E-state index in [0.717, 1.165) is 60.6 Å². The van der Waals surface area contributed by atoms with E-state index < -0.39 is 0 Å². The summed E-state index contributed by atoms with van der Waals surface area (Å²) in [5.74, 6) is 1.59. The van der Waals surface area contributed by atoms with E-state index in [1.165, 1.54) is 0 Å². The molecule has 3 aromatic rings. The van der Waals surface area contributed by atoms with E-state index in [1.54, 1.807) is 0 Å². The Labute approximate surface area is 175 Å². The number of rotatable bonds is 8. The number of aryl methyl sites for hydroxylation is 1. The maximum Gasteiger partial charge on any atom is 0.195 e. The largest absolute Gasteiger partial charge is 0.440 e. The Morgan fingerprint density at radius 3 is 2.14 bits per heavy atom. The molecule has 0 spiro atoms. The van der Waals surface area contributed by atoms with Gasteiger partial charge in [0.25, 0.3) is 0 Å². The normalized spacial score (nSPS) is 11.9. The molecule has 3 nitrogen and oxygen atoms in total. The van der Waals surface area contributed by atoms with Crippen molar-refractivity contribution in [3.8, 4) is 28.7 Å². The molecule has 1 atom stereocenters. The summed E-state index contributed by atoms with van der Waals surface area (Å²) in [6.07, 6.45) is 4.80. The first-order valence-electron chi connectivity index (χ1n) is 9.48. The lowest BCUT2D eigenvalue weighted by molar-refractivity contribution is 0.484. The smallest absolute Gasteiger partial charge is 0.195 e. The fourth-order valence-corrected chi connectivity index (χ4v) is 3.29. The van der Waals surface area contributed by atoms with Crippen LogP contribution in [0, 0.1) is 17.2 Å². The molecule has 0 radical (unpaired) electrons. The lowest BCUT2D eigenvalue weighted by atomic mass is 10.0. The van der Waals surface area contributed by atoms with Crippen LogP contribution in [0.2, 0.25) is 10.0 Å². The fourth-order valence-electron chi connectivity index (χ4n) is 3.04. The van der Waals surface area contributed by atoms with E-state index in [1.807, 2.05) is 55.5 Å². The third-order valence-electron chi connectivity index (χ3n) is 4.64. The summed E-state index contributed by atoms with van der Waals surface area (Å²) >= 11 is 12.1. The Kier molecular flexibility index (Phi) is 7.14. The predicted molar refractivity (Wildman–Crippen MR) is 114 cm³/mol. The van der Waals surface area contributed by atoms with Gasteiger partial charge < -0.3 is 4.42 Å². The van der Waals surface area contributed by atoms with Crippen LogP contribution in [0.15, 0.2) is 52.9 Å². The quantitative estimate of drug-likeness (QED) is 0.358. The van der Waals surface area contributed by atoms with E-state index in [0.29, 0.717) is 10.0 Å². The van der Waals surface area contributed by atoms with Gasteiger partial charge in [-0.3, -0.25) is 0 Å². The van der Waals surface area contributed by atoms with E-state index in [-0.39, 0.29) is 5.92 Å². The first-order valence-corrected chi connectivity index (χ1v) is 10.2. The van der Waals surface area contributed by atoms with Gasteiger partial charge in [0.05, 0.1) is 6.07 Å². The molecule has 2 aromatic carbocycles. The number of unbranched alkanes of at least 4 members (excludes halogenated alkanes) is 2. The minimum absolute atomic E-state index is 0.120. The van der Waals surface area contributed by atoms with Crippen LogP contribution in [0.4, 0.5) is 0 Å². The van der Waals surface area contributed by atoms with E-state index in [4.69, 9.17) is 37.9 Å². The Balaban J connectivity index is 1.78. The molecule has 1 aromatic heterocycles. The summed E-state index contributed by atoms with van der Waals surface area (Å²) in [6, 6.07) is 17.5. The van der Waals surface area contributed by atoms with Gasteiger partial charge in [-0.05, 0) is 56.2 Å². The number of oxazole rings is 1. The third kappa shape index (κ3) is 5.38. The van der Waals surface area contributed by atoms with Crippen LogP contribution in [0.3, 0.4) is 0 Å². The number of hydrogen-bond donors (Lipinski definition) is 0. The summed E-state index contributed by atoms with van der Waals surface area (Å²) in [5.41, 5.74) is 2.72. The van der Waals surface area contributed by atoms with Gasteiger partial charge >= 0.3 is 0 Å². The molecule has 144 valence electrons. The highest BCUT2D eigenvalue weighted by atomic mass is 35.5. The van der Waals surface area contributed by atoms with Crippen LogP contribution in [-0.4, -0.2) is 4.98 Å². The first kappa shape index (κ1) is 20.5. The maximum atomic E-state index is 8.86. The molecule has 3 rings (SSSR count). The minimum Gasteiger partial charge on any atom is -0.440 e. The Morgan fingerprint density at radius 2 is 1.54 bits per heavy atom. The second-order valence-corrected chi connectivity index (χ2v) is 7.80. The van der Waals surface area contributed by atoms with Crippen LogP contribution < -0.4 is 0 Å². The van der Waals surface area contributed by atoms with Gasteiger partial charge in [-0.1, -0.05) is 48.2 Å². The molecule has 0 saturated carbocycles. The molecule has 0 unspecified atom stereocenters. The topological polar surface area (TPSA) is 49.8 Å². The maximum absolute atomic E-state index is 8.86. The monoisotopic (exact) mass is 412 g/mol. The minimum atomic E-state index is 0.120. The van der Waals surface area contributed by atoms with Gasteiger partial charge in [0.1, 0.15) is 5.69 Å². The number of hydrogen-bond acceptors (Lipinski definition) is 3. The lowest BCUT2D eigenvalue weighted by Gasteiger charge is -2.02. The first-order chi connectivity index (χ1) is 13.6. The highest BCUT2D eigenvalue weighted by Crippen LogP contribution is 2.34. The highest BCUT2D eigenvalue weighted by molar-refractivity contribution is 6.31. The molecule has 0 N–H and O–H groups in total. The second kappa shape index (κ2) is 9.78. The SMILES string of the molecule is C[C@H](C#N)CCCCCc1nc(-c2ccc(Cl)cc2)c(-c2ccc(Cl)cc2)o1. The summed E-state index contributed by atoms with van der Waals surface area (Å²) in [7, 11) is 0. The molecule has 0 amide bonds. The van der Waals surface area contributed by atoms with Crippen molar-refractivity contribution in [2.24, 2.45) is 5.92 Å². The summed E-state index contributed by atoms with van der Waals surface area (Å²) in [4.78, 5) is 4.76. The molecule has 28 heavy (non-hydrogen) atoms. The second-order valence-electron chi connectivity index (χ2n) is 6.93. The van der Waals surface area contributed by atoms with E-state index in [9.17, 15) is 0 Å². The lowest BCUT2D eigenvalue weighted by Crippen LogP contribution is -1.91. The molecular weight excluding hydrogens is 391 g/mol. The molecule has 0 aliphatic heterocycles. The highest BCUT2D eigenvalue weighted by Gasteiger charge is 2.17. The molecule has 5 heteroatoms. The van der Waals surface area contributed by atoms with Crippen molar-refractivity contribution in [3.05, 3.63) is 64.5 Å². The summed E-state index contributed by atoms with van der Waals surface area (Å²) in [6.45, 7) is 1.96. The standard InChI is InChI=1S/C23H22Cl2N2O/c1-16(15-26)5-3-2-4-6-21-27-22(17-7-11-19(24)12-8-17)23(28-21)18-9-13-20(25)14-10-18/h7-14,16H,2-6H2,1H3/t16-/m0/s1. The van der Waals surface area contributed by atoms with Crippen molar-refractivity contribution in [3.63, 3.8) is 0 Å². The number of benzene rings is 2. The summed E-state index contributed by atoms with van der Waals surface area (Å²) < 4.78 is 6.13. The van der Waals surface area contributed by atoms with Gasteiger partial charge in [0.2, 0.25) is 0 Å². The van der Waals surface area contributed by atoms with Crippen molar-refractivity contribution in [2.75, 3.05) is 0 Å². The van der Waals surface area contributed by atoms with Crippen molar-refractivity contribution in [2.45, 2.75) is 39.0 Å². The van der Waals surface area contributed by atoms with Gasteiger partial charge in [-0.2, -0.15) is 5.26 Å². The fraction of sp³-hybridized carbons (Fsp3) is 0.304. The van der Waals surface area contributed by atoms with Crippen molar-refractivity contribution >= 4 is 23.2 Å². The van der Waals surface area contributed by atoms with Crippen molar-refractivity contribution < 1.29 is 4.42 Å². The molecule has 0 saturated heterocycles. The Morgan fingerprint density at radius 1 is 0.929 bits per heavy atom. The van der Waals surface area contributed by atoms with Crippen LogP contribution in [0.25, 0.3) is 22.6 Å². The van der Waals surface area contributed by atoms with Crippen LogP contribution in [0.1, 0.15) is 38.5 Å². The van der Waals surface area contributed by atoms with Crippen LogP contribution in [0.5, 0.6) is 0 Å². The zero-order valence-corrected chi connectivity index (χ0v) is 17.3. The Hall–Kier alpha value is -2.28. The van der Waals surface area contributed by atoms with Crippen molar-refractivity contribution in [1.82, 2.24) is 4.98 Å². The third-order valence-corrected chi connectivity index (χ3v) is 5.15. The van der Waals surface area contributed by atoms with E-state index >= 15 is 0 Å². The number of nitrogens with zero attached hydrogens (tertiary/aromatic N) is 2. The van der Waals surface area contributed by atoms with Crippen LogP contribution in [-0.2, 0) is 6.42 Å². The van der Waals surface area contributed by atoms with Crippen molar-refractivity contribution in [1.29, 1.82) is 5.26 Å². The average molecular weight is 413 g/mol.